The molecular formula is C17H19N3O2S2. The summed E-state index contributed by atoms with van der Waals surface area (Å²) in [5.74, 6) is -0.188. The molecule has 0 aliphatic carbocycles. The molecule has 126 valence electrons. The number of nitrogens with one attached hydrogen (secondary N) is 2. The van der Waals surface area contributed by atoms with Crippen LogP contribution < -0.4 is 10.6 Å². The molecular weight excluding hydrogens is 342 g/mol. The Balaban J connectivity index is 1.50. The molecule has 1 aliphatic rings. The maximum absolute atomic E-state index is 11.9. The number of ether oxygens (including phenoxy) is 1. The van der Waals surface area contributed by atoms with Gasteiger partial charge in [0.1, 0.15) is 0 Å². The number of hydrogen-bond donors (Lipinski definition) is 2. The van der Waals surface area contributed by atoms with E-state index in [1.807, 2.05) is 23.6 Å². The fourth-order valence-corrected chi connectivity index (χ4v) is 3.28. The average Bonchev–Trinajstić information content (AvgIpc) is 3.12. The van der Waals surface area contributed by atoms with Crippen molar-refractivity contribution in [3.05, 3.63) is 52.2 Å². The van der Waals surface area contributed by atoms with Crippen LogP contribution in [-0.4, -0.2) is 42.2 Å². The number of amides is 1. The fraction of sp³-hybridized carbons (Fsp3) is 0.294. The summed E-state index contributed by atoms with van der Waals surface area (Å²) in [6.07, 6.45) is 0. The summed E-state index contributed by atoms with van der Waals surface area (Å²) in [5.41, 5.74) is 2.10. The molecule has 1 aromatic heterocycles. The molecule has 7 heteroatoms. The van der Waals surface area contributed by atoms with Crippen LogP contribution in [0.15, 0.2) is 41.8 Å². The van der Waals surface area contributed by atoms with E-state index in [4.69, 9.17) is 17.0 Å². The maximum Gasteiger partial charge on any atom is 0.267 e. The SMILES string of the molecule is O=C(NC(=S)Nc1ccc(CN2CCOCC2)cc1)c1cccs1. The minimum atomic E-state index is -0.188. The highest BCUT2D eigenvalue weighted by Gasteiger charge is 2.11. The predicted octanol–water partition coefficient (Wildman–Crippen LogP) is 2.71. The minimum Gasteiger partial charge on any atom is -0.379 e. The normalized spacial score (nSPS) is 15.0. The van der Waals surface area contributed by atoms with Crippen LogP contribution >= 0.6 is 23.6 Å². The lowest BCUT2D eigenvalue weighted by molar-refractivity contribution is 0.0342. The third-order valence-electron chi connectivity index (χ3n) is 3.69. The molecule has 0 saturated carbocycles. The maximum atomic E-state index is 11.9. The lowest BCUT2D eigenvalue weighted by atomic mass is 10.2. The quantitative estimate of drug-likeness (QED) is 0.820. The number of rotatable bonds is 4. The number of benzene rings is 1. The number of carbonyl (C=O) groups is 1. The number of thiophene rings is 1. The van der Waals surface area contributed by atoms with Gasteiger partial charge in [0.2, 0.25) is 0 Å². The Morgan fingerprint density at radius 3 is 2.62 bits per heavy atom. The zero-order valence-electron chi connectivity index (χ0n) is 13.2. The highest BCUT2D eigenvalue weighted by molar-refractivity contribution is 7.80. The topological polar surface area (TPSA) is 53.6 Å². The predicted molar refractivity (Wildman–Crippen MR) is 101 cm³/mol. The van der Waals surface area contributed by atoms with Gasteiger partial charge in [0.25, 0.3) is 5.91 Å². The van der Waals surface area contributed by atoms with Gasteiger partial charge in [-0.2, -0.15) is 0 Å². The van der Waals surface area contributed by atoms with Gasteiger partial charge >= 0.3 is 0 Å². The Hall–Kier alpha value is -1.80. The van der Waals surface area contributed by atoms with Crippen LogP contribution in [0.1, 0.15) is 15.2 Å². The van der Waals surface area contributed by atoms with Gasteiger partial charge in [-0.05, 0) is 41.4 Å². The third kappa shape index (κ3) is 4.85. The van der Waals surface area contributed by atoms with Crippen LogP contribution in [0.2, 0.25) is 0 Å². The first-order chi connectivity index (χ1) is 11.7. The molecule has 1 fully saturated rings. The first-order valence-corrected chi connectivity index (χ1v) is 9.04. The molecule has 3 rings (SSSR count). The Morgan fingerprint density at radius 2 is 1.96 bits per heavy atom. The van der Waals surface area contributed by atoms with Crippen molar-refractivity contribution in [2.75, 3.05) is 31.6 Å². The zero-order chi connectivity index (χ0) is 16.8. The summed E-state index contributed by atoms with van der Waals surface area (Å²) >= 11 is 6.57. The van der Waals surface area contributed by atoms with Crippen LogP contribution in [0, 0.1) is 0 Å². The number of anilines is 1. The molecule has 2 aromatic rings. The Kier molecular flexibility index (Phi) is 5.92. The van der Waals surface area contributed by atoms with Gasteiger partial charge in [-0.15, -0.1) is 11.3 Å². The highest BCUT2D eigenvalue weighted by Crippen LogP contribution is 2.13. The summed E-state index contributed by atoms with van der Waals surface area (Å²) in [6, 6.07) is 11.7. The monoisotopic (exact) mass is 361 g/mol. The first kappa shape index (κ1) is 17.0. The smallest absolute Gasteiger partial charge is 0.267 e. The summed E-state index contributed by atoms with van der Waals surface area (Å²) in [6.45, 7) is 4.47. The van der Waals surface area contributed by atoms with Gasteiger partial charge in [0, 0.05) is 25.3 Å². The first-order valence-electron chi connectivity index (χ1n) is 7.75. The third-order valence-corrected chi connectivity index (χ3v) is 4.77. The molecule has 0 bridgehead atoms. The summed E-state index contributed by atoms with van der Waals surface area (Å²) in [4.78, 5) is 14.9. The molecule has 0 spiro atoms. The van der Waals surface area contributed by atoms with Gasteiger partial charge in [-0.3, -0.25) is 15.0 Å². The minimum absolute atomic E-state index is 0.188. The van der Waals surface area contributed by atoms with Crippen molar-refractivity contribution >= 4 is 40.3 Å². The number of morpholine rings is 1. The second-order valence-corrected chi connectivity index (χ2v) is 6.83. The molecule has 0 unspecified atom stereocenters. The van der Waals surface area contributed by atoms with Crippen LogP contribution in [-0.2, 0) is 11.3 Å². The van der Waals surface area contributed by atoms with E-state index in [1.54, 1.807) is 6.07 Å². The van der Waals surface area contributed by atoms with Crippen LogP contribution in [0.4, 0.5) is 5.69 Å². The van der Waals surface area contributed by atoms with Crippen molar-refractivity contribution in [3.63, 3.8) is 0 Å². The number of nitrogens with zero attached hydrogens (tertiary/aromatic N) is 1. The van der Waals surface area contributed by atoms with Gasteiger partial charge in [0.15, 0.2) is 5.11 Å². The van der Waals surface area contributed by atoms with Crippen molar-refractivity contribution in [2.24, 2.45) is 0 Å². The molecule has 0 radical (unpaired) electrons. The molecule has 1 aromatic carbocycles. The fourth-order valence-electron chi connectivity index (χ4n) is 2.45. The van der Waals surface area contributed by atoms with Gasteiger partial charge in [-0.25, -0.2) is 0 Å². The van der Waals surface area contributed by atoms with E-state index in [0.29, 0.717) is 9.99 Å². The molecule has 1 amide bonds. The highest BCUT2D eigenvalue weighted by atomic mass is 32.1. The van der Waals surface area contributed by atoms with Crippen molar-refractivity contribution in [3.8, 4) is 0 Å². The second kappa shape index (κ2) is 8.34. The van der Waals surface area contributed by atoms with Gasteiger partial charge in [-0.1, -0.05) is 18.2 Å². The lowest BCUT2D eigenvalue weighted by Crippen LogP contribution is -2.35. The largest absolute Gasteiger partial charge is 0.379 e. The van der Waals surface area contributed by atoms with Crippen molar-refractivity contribution in [2.45, 2.75) is 6.54 Å². The van der Waals surface area contributed by atoms with Crippen molar-refractivity contribution < 1.29 is 9.53 Å². The molecule has 2 heterocycles. The van der Waals surface area contributed by atoms with E-state index in [0.717, 1.165) is 38.5 Å². The van der Waals surface area contributed by atoms with E-state index >= 15 is 0 Å². The van der Waals surface area contributed by atoms with Crippen molar-refractivity contribution in [1.82, 2.24) is 10.2 Å². The van der Waals surface area contributed by atoms with Crippen molar-refractivity contribution in [1.29, 1.82) is 0 Å². The van der Waals surface area contributed by atoms with Crippen LogP contribution in [0.3, 0.4) is 0 Å². The van der Waals surface area contributed by atoms with E-state index < -0.39 is 0 Å². The van der Waals surface area contributed by atoms with Crippen LogP contribution in [0.5, 0.6) is 0 Å². The second-order valence-electron chi connectivity index (χ2n) is 5.47. The number of thiocarbonyl (C=S) groups is 1. The number of carbonyl (C=O) groups excluding carboxylic acids is 1. The lowest BCUT2D eigenvalue weighted by Gasteiger charge is -2.26. The Bertz CT molecular complexity index is 680. The molecule has 1 aliphatic heterocycles. The van der Waals surface area contributed by atoms with E-state index in [9.17, 15) is 4.79 Å². The number of hydrogen-bond acceptors (Lipinski definition) is 5. The summed E-state index contributed by atoms with van der Waals surface area (Å²) in [7, 11) is 0. The standard InChI is InChI=1S/C17H19N3O2S2/c21-16(15-2-1-11-24-15)19-17(23)18-14-5-3-13(4-6-14)12-20-7-9-22-10-8-20/h1-6,11H,7-10,12H2,(H2,18,19,21,23). The molecule has 1 saturated heterocycles. The molecule has 24 heavy (non-hydrogen) atoms. The Labute approximate surface area is 150 Å². The van der Waals surface area contributed by atoms with E-state index in [1.165, 1.54) is 16.9 Å². The molecule has 2 N–H and O–H groups in total. The zero-order valence-corrected chi connectivity index (χ0v) is 14.8. The molecule has 0 atom stereocenters. The van der Waals surface area contributed by atoms with Crippen LogP contribution in [0.25, 0.3) is 0 Å². The summed E-state index contributed by atoms with van der Waals surface area (Å²) < 4.78 is 5.36. The van der Waals surface area contributed by atoms with Gasteiger partial charge < -0.3 is 10.1 Å². The molecule has 5 nitrogen and oxygen atoms in total. The summed E-state index contributed by atoms with van der Waals surface area (Å²) in [5, 5.41) is 7.88. The average molecular weight is 361 g/mol. The van der Waals surface area contributed by atoms with Gasteiger partial charge in [0.05, 0.1) is 18.1 Å². The Morgan fingerprint density at radius 1 is 1.21 bits per heavy atom. The van der Waals surface area contributed by atoms with E-state index in [-0.39, 0.29) is 5.91 Å². The van der Waals surface area contributed by atoms with E-state index in [2.05, 4.69) is 27.7 Å².